The quantitative estimate of drug-likeness (QED) is 0.199. The van der Waals surface area contributed by atoms with Gasteiger partial charge in [-0.1, -0.05) is 11.6 Å². The van der Waals surface area contributed by atoms with Gasteiger partial charge in [-0.25, -0.2) is 0 Å². The number of guanidine groups is 1. The minimum absolute atomic E-state index is 0. The Kier molecular flexibility index (Phi) is 12.4. The minimum atomic E-state index is -0.00187. The fraction of sp³-hybridized carbons (Fsp3) is 0.733. The predicted molar refractivity (Wildman–Crippen MR) is 99.2 cm³/mol. The van der Waals surface area contributed by atoms with Crippen molar-refractivity contribution in [2.45, 2.75) is 46.0 Å². The Bertz CT molecular complexity index is 356. The van der Waals surface area contributed by atoms with Crippen LogP contribution in [-0.2, 0) is 4.79 Å². The number of halogens is 1. The van der Waals surface area contributed by atoms with E-state index < -0.39 is 0 Å². The molecule has 0 atom stereocenters. The van der Waals surface area contributed by atoms with Crippen LogP contribution < -0.4 is 16.0 Å². The molecule has 1 amide bonds. The van der Waals surface area contributed by atoms with Crippen LogP contribution >= 0.6 is 24.0 Å². The van der Waals surface area contributed by atoms with E-state index in [9.17, 15) is 4.79 Å². The van der Waals surface area contributed by atoms with Crippen LogP contribution in [0.2, 0.25) is 0 Å². The van der Waals surface area contributed by atoms with Gasteiger partial charge in [-0.2, -0.15) is 0 Å². The zero-order valence-corrected chi connectivity index (χ0v) is 15.5. The molecule has 0 bridgehead atoms. The maximum absolute atomic E-state index is 10.8. The molecule has 1 aliphatic rings. The molecule has 0 aromatic rings. The summed E-state index contributed by atoms with van der Waals surface area (Å²) in [6.45, 7) is 6.54. The summed E-state index contributed by atoms with van der Waals surface area (Å²) in [5.41, 5.74) is 1.55. The van der Waals surface area contributed by atoms with Gasteiger partial charge in [0.1, 0.15) is 0 Å². The molecule has 0 aromatic heterocycles. The first kappa shape index (κ1) is 20.2. The van der Waals surface area contributed by atoms with Crippen molar-refractivity contribution < 1.29 is 4.79 Å². The third kappa shape index (κ3) is 10.6. The number of hydrogen-bond donors (Lipinski definition) is 3. The third-order valence-electron chi connectivity index (χ3n) is 3.22. The lowest BCUT2D eigenvalue weighted by atomic mass is 9.97. The number of amides is 1. The van der Waals surface area contributed by atoms with Gasteiger partial charge in [-0.15, -0.1) is 24.0 Å². The summed E-state index contributed by atoms with van der Waals surface area (Å²) in [6.07, 6.45) is 8.55. The van der Waals surface area contributed by atoms with Crippen LogP contribution in [0.3, 0.4) is 0 Å². The van der Waals surface area contributed by atoms with Gasteiger partial charge in [0.2, 0.25) is 5.91 Å². The molecule has 122 valence electrons. The van der Waals surface area contributed by atoms with Crippen molar-refractivity contribution in [2.24, 2.45) is 4.99 Å². The van der Waals surface area contributed by atoms with E-state index in [0.717, 1.165) is 25.5 Å². The van der Waals surface area contributed by atoms with E-state index in [1.165, 1.54) is 32.6 Å². The summed E-state index contributed by atoms with van der Waals surface area (Å²) in [7, 11) is 0. The SMILES string of the molecule is CCNC(=NCCC1=CCCCC1)NCCNC(C)=O.I. The highest BCUT2D eigenvalue weighted by Crippen LogP contribution is 2.19. The van der Waals surface area contributed by atoms with Crippen molar-refractivity contribution in [2.75, 3.05) is 26.2 Å². The molecule has 0 unspecified atom stereocenters. The first-order valence-corrected chi connectivity index (χ1v) is 7.67. The van der Waals surface area contributed by atoms with Crippen molar-refractivity contribution in [3.05, 3.63) is 11.6 Å². The number of rotatable bonds is 7. The van der Waals surface area contributed by atoms with Gasteiger partial charge in [-0.3, -0.25) is 9.79 Å². The molecule has 0 aromatic carbocycles. The van der Waals surface area contributed by atoms with Crippen molar-refractivity contribution in [1.82, 2.24) is 16.0 Å². The number of nitrogens with zero attached hydrogens (tertiary/aromatic N) is 1. The average Bonchev–Trinajstić information content (AvgIpc) is 2.44. The highest BCUT2D eigenvalue weighted by atomic mass is 127. The second-order valence-corrected chi connectivity index (χ2v) is 5.03. The van der Waals surface area contributed by atoms with Gasteiger partial charge in [0.15, 0.2) is 5.96 Å². The van der Waals surface area contributed by atoms with E-state index in [0.29, 0.717) is 13.1 Å². The summed E-state index contributed by atoms with van der Waals surface area (Å²) in [4.78, 5) is 15.3. The van der Waals surface area contributed by atoms with E-state index in [4.69, 9.17) is 0 Å². The molecule has 0 fully saturated rings. The maximum atomic E-state index is 10.8. The van der Waals surface area contributed by atoms with E-state index in [1.807, 2.05) is 0 Å². The molecule has 3 N–H and O–H groups in total. The number of nitrogens with one attached hydrogen (secondary N) is 3. The van der Waals surface area contributed by atoms with Crippen LogP contribution in [0, 0.1) is 0 Å². The largest absolute Gasteiger partial charge is 0.357 e. The second-order valence-electron chi connectivity index (χ2n) is 5.03. The maximum Gasteiger partial charge on any atom is 0.216 e. The normalized spacial score (nSPS) is 14.8. The standard InChI is InChI=1S/C15H28N4O.HI/c1-3-16-15(19-12-11-17-13(2)20)18-10-9-14-7-5-4-6-8-14;/h7H,3-6,8-12H2,1-2H3,(H,17,20)(H2,16,18,19);1H. The fourth-order valence-corrected chi connectivity index (χ4v) is 2.20. The smallest absolute Gasteiger partial charge is 0.216 e. The minimum Gasteiger partial charge on any atom is -0.357 e. The highest BCUT2D eigenvalue weighted by Gasteiger charge is 2.03. The van der Waals surface area contributed by atoms with Crippen LogP contribution in [0.5, 0.6) is 0 Å². The van der Waals surface area contributed by atoms with Gasteiger partial charge < -0.3 is 16.0 Å². The molecular formula is C15H29IN4O. The van der Waals surface area contributed by atoms with Crippen molar-refractivity contribution in [1.29, 1.82) is 0 Å². The molecule has 1 aliphatic carbocycles. The summed E-state index contributed by atoms with van der Waals surface area (Å²) in [5.74, 6) is 0.826. The Morgan fingerprint density at radius 2 is 2.00 bits per heavy atom. The molecule has 0 saturated carbocycles. The zero-order chi connectivity index (χ0) is 14.6. The topological polar surface area (TPSA) is 65.5 Å². The van der Waals surface area contributed by atoms with Crippen LogP contribution in [0.4, 0.5) is 0 Å². The molecule has 0 heterocycles. The number of carbonyl (C=O) groups excluding carboxylic acids is 1. The Hall–Kier alpha value is -0.790. The van der Waals surface area contributed by atoms with Gasteiger partial charge in [0.05, 0.1) is 0 Å². The number of hydrogen-bond acceptors (Lipinski definition) is 2. The van der Waals surface area contributed by atoms with E-state index in [1.54, 1.807) is 5.57 Å². The first-order chi connectivity index (χ1) is 9.72. The van der Waals surface area contributed by atoms with Crippen molar-refractivity contribution >= 4 is 35.8 Å². The number of allylic oxidation sites excluding steroid dienone is 1. The second kappa shape index (κ2) is 12.9. The van der Waals surface area contributed by atoms with E-state index >= 15 is 0 Å². The van der Waals surface area contributed by atoms with E-state index in [-0.39, 0.29) is 29.9 Å². The average molecular weight is 408 g/mol. The third-order valence-corrected chi connectivity index (χ3v) is 3.22. The van der Waals surface area contributed by atoms with Crippen molar-refractivity contribution in [3.8, 4) is 0 Å². The first-order valence-electron chi connectivity index (χ1n) is 7.67. The van der Waals surface area contributed by atoms with Crippen LogP contribution in [0.25, 0.3) is 0 Å². The number of aliphatic imine (C=N–C) groups is 1. The lowest BCUT2D eigenvalue weighted by Crippen LogP contribution is -2.41. The monoisotopic (exact) mass is 408 g/mol. The zero-order valence-electron chi connectivity index (χ0n) is 13.2. The molecule has 1 rings (SSSR count). The molecule has 0 saturated heterocycles. The molecule has 0 spiro atoms. The van der Waals surface area contributed by atoms with Gasteiger partial charge in [-0.05, 0) is 39.0 Å². The molecular weight excluding hydrogens is 379 g/mol. The van der Waals surface area contributed by atoms with Gasteiger partial charge >= 0.3 is 0 Å². The Morgan fingerprint density at radius 1 is 1.24 bits per heavy atom. The van der Waals surface area contributed by atoms with Gasteiger partial charge in [0.25, 0.3) is 0 Å². The molecule has 6 heteroatoms. The predicted octanol–water partition coefficient (Wildman–Crippen LogP) is 2.19. The molecule has 21 heavy (non-hydrogen) atoms. The molecule has 5 nitrogen and oxygen atoms in total. The van der Waals surface area contributed by atoms with E-state index in [2.05, 4.69) is 33.9 Å². The molecule has 0 radical (unpaired) electrons. The van der Waals surface area contributed by atoms with Crippen molar-refractivity contribution in [3.63, 3.8) is 0 Å². The number of carbonyl (C=O) groups is 1. The Balaban J connectivity index is 0.00000400. The van der Waals surface area contributed by atoms with Crippen LogP contribution in [0.15, 0.2) is 16.6 Å². The van der Waals surface area contributed by atoms with Crippen LogP contribution in [-0.4, -0.2) is 38.0 Å². The summed E-state index contributed by atoms with van der Waals surface area (Å²) >= 11 is 0. The lowest BCUT2D eigenvalue weighted by molar-refractivity contribution is -0.118. The highest BCUT2D eigenvalue weighted by molar-refractivity contribution is 14.0. The summed E-state index contributed by atoms with van der Waals surface area (Å²) in [6, 6.07) is 0. The molecule has 0 aliphatic heterocycles. The van der Waals surface area contributed by atoms with Crippen LogP contribution in [0.1, 0.15) is 46.0 Å². The fourth-order valence-electron chi connectivity index (χ4n) is 2.20. The lowest BCUT2D eigenvalue weighted by Gasteiger charge is -2.13. The summed E-state index contributed by atoms with van der Waals surface area (Å²) in [5, 5.41) is 9.19. The summed E-state index contributed by atoms with van der Waals surface area (Å²) < 4.78 is 0. The Morgan fingerprint density at radius 3 is 2.62 bits per heavy atom. The Labute approximate surface area is 145 Å². The van der Waals surface area contributed by atoms with Gasteiger partial charge in [0, 0.05) is 33.1 Å².